The zero-order valence-corrected chi connectivity index (χ0v) is 20.1. The van der Waals surface area contributed by atoms with Gasteiger partial charge >= 0.3 is 0 Å². The topological polar surface area (TPSA) is 80.8 Å². The molecule has 9 heteroatoms. The van der Waals surface area contributed by atoms with Gasteiger partial charge in [0.15, 0.2) is 11.5 Å². The number of hydrogen-bond acceptors (Lipinski definition) is 7. The molecule has 2 aromatic rings. The van der Waals surface area contributed by atoms with Crippen molar-refractivity contribution in [3.8, 4) is 23.0 Å². The van der Waals surface area contributed by atoms with Crippen molar-refractivity contribution in [3.05, 3.63) is 36.4 Å². The first-order valence-corrected chi connectivity index (χ1v) is 11.3. The Hall–Kier alpha value is -3.62. The van der Waals surface area contributed by atoms with E-state index in [2.05, 4.69) is 4.90 Å². The number of nitrogens with zero attached hydrogens (tertiary/aromatic N) is 3. The van der Waals surface area contributed by atoms with Crippen LogP contribution < -0.4 is 28.7 Å². The number of rotatable bonds is 7. The van der Waals surface area contributed by atoms with Crippen molar-refractivity contribution in [2.45, 2.75) is 6.42 Å². The Morgan fingerprint density at radius 1 is 0.853 bits per heavy atom. The summed E-state index contributed by atoms with van der Waals surface area (Å²) < 4.78 is 21.7. The molecule has 1 atom stereocenters. The first kappa shape index (κ1) is 23.5. The quantitative estimate of drug-likeness (QED) is 0.616. The van der Waals surface area contributed by atoms with Gasteiger partial charge in [0, 0.05) is 51.3 Å². The maximum Gasteiger partial charge on any atom is 0.228 e. The van der Waals surface area contributed by atoms with Gasteiger partial charge in [-0.05, 0) is 12.1 Å². The zero-order chi connectivity index (χ0) is 24.2. The van der Waals surface area contributed by atoms with Crippen LogP contribution in [-0.4, -0.2) is 77.9 Å². The van der Waals surface area contributed by atoms with Gasteiger partial charge in [-0.1, -0.05) is 12.1 Å². The molecule has 2 heterocycles. The van der Waals surface area contributed by atoms with E-state index < -0.39 is 0 Å². The van der Waals surface area contributed by atoms with Gasteiger partial charge < -0.3 is 33.6 Å². The van der Waals surface area contributed by atoms with Crippen molar-refractivity contribution in [2.75, 3.05) is 71.0 Å². The van der Waals surface area contributed by atoms with E-state index in [1.807, 2.05) is 29.2 Å². The summed E-state index contributed by atoms with van der Waals surface area (Å²) in [5.74, 6) is 1.75. The Morgan fingerprint density at radius 2 is 1.47 bits per heavy atom. The fourth-order valence-corrected chi connectivity index (χ4v) is 4.66. The number of hydrogen-bond donors (Lipinski definition) is 0. The van der Waals surface area contributed by atoms with Crippen molar-refractivity contribution < 1.29 is 28.5 Å². The normalized spacial score (nSPS) is 18.2. The van der Waals surface area contributed by atoms with E-state index in [-0.39, 0.29) is 24.2 Å². The van der Waals surface area contributed by atoms with E-state index in [0.29, 0.717) is 55.7 Å². The summed E-state index contributed by atoms with van der Waals surface area (Å²) >= 11 is 0. The number of carbonyl (C=O) groups excluding carboxylic acids is 2. The first-order valence-electron chi connectivity index (χ1n) is 11.3. The SMILES string of the molecule is COc1ccccc1N1CCN(C(=O)C2CC(=O)N(c3cc(OC)c(OC)c(OC)c3)C2)CC1. The molecule has 0 aromatic heterocycles. The molecule has 0 aliphatic carbocycles. The Morgan fingerprint density at radius 3 is 2.06 bits per heavy atom. The minimum absolute atomic E-state index is 0.0166. The summed E-state index contributed by atoms with van der Waals surface area (Å²) in [5.41, 5.74) is 1.65. The number of para-hydroxylation sites is 2. The van der Waals surface area contributed by atoms with Crippen LogP contribution in [-0.2, 0) is 9.59 Å². The average Bonchev–Trinajstić information content (AvgIpc) is 3.28. The second kappa shape index (κ2) is 10.1. The van der Waals surface area contributed by atoms with E-state index in [4.69, 9.17) is 18.9 Å². The van der Waals surface area contributed by atoms with Gasteiger partial charge in [0.25, 0.3) is 0 Å². The third-order valence-electron chi connectivity index (χ3n) is 6.45. The van der Waals surface area contributed by atoms with E-state index in [0.717, 1.165) is 11.4 Å². The maximum atomic E-state index is 13.3. The minimum Gasteiger partial charge on any atom is -0.495 e. The molecule has 4 rings (SSSR count). The Labute approximate surface area is 199 Å². The molecular formula is C25H31N3O6. The molecule has 0 spiro atoms. The van der Waals surface area contributed by atoms with Gasteiger partial charge in [0.2, 0.25) is 17.6 Å². The first-order chi connectivity index (χ1) is 16.5. The molecule has 182 valence electrons. The van der Waals surface area contributed by atoms with E-state index in [1.165, 1.54) is 21.3 Å². The number of ether oxygens (including phenoxy) is 4. The van der Waals surface area contributed by atoms with Gasteiger partial charge in [-0.3, -0.25) is 9.59 Å². The van der Waals surface area contributed by atoms with Crippen LogP contribution in [0.4, 0.5) is 11.4 Å². The molecule has 0 radical (unpaired) electrons. The van der Waals surface area contributed by atoms with Crippen LogP contribution in [0, 0.1) is 5.92 Å². The summed E-state index contributed by atoms with van der Waals surface area (Å²) in [5, 5.41) is 0. The lowest BCUT2D eigenvalue weighted by Crippen LogP contribution is -2.50. The van der Waals surface area contributed by atoms with E-state index in [1.54, 1.807) is 24.1 Å². The Balaban J connectivity index is 1.43. The predicted molar refractivity (Wildman–Crippen MR) is 128 cm³/mol. The molecule has 2 saturated heterocycles. The molecule has 0 N–H and O–H groups in total. The van der Waals surface area contributed by atoms with Crippen LogP contribution in [0.2, 0.25) is 0 Å². The number of amides is 2. The maximum absolute atomic E-state index is 13.3. The number of piperazine rings is 1. The second-order valence-electron chi connectivity index (χ2n) is 8.27. The fourth-order valence-electron chi connectivity index (χ4n) is 4.66. The third kappa shape index (κ3) is 4.42. The average molecular weight is 470 g/mol. The van der Waals surface area contributed by atoms with Crippen molar-refractivity contribution in [1.29, 1.82) is 0 Å². The zero-order valence-electron chi connectivity index (χ0n) is 20.1. The molecule has 1 unspecified atom stereocenters. The molecular weight excluding hydrogens is 438 g/mol. The van der Waals surface area contributed by atoms with Gasteiger partial charge in [-0.15, -0.1) is 0 Å². The number of anilines is 2. The fraction of sp³-hybridized carbons (Fsp3) is 0.440. The molecule has 2 aromatic carbocycles. The van der Waals surface area contributed by atoms with E-state index >= 15 is 0 Å². The summed E-state index contributed by atoms with van der Waals surface area (Å²) in [7, 11) is 6.26. The van der Waals surface area contributed by atoms with Crippen molar-refractivity contribution in [1.82, 2.24) is 4.90 Å². The predicted octanol–water partition coefficient (Wildman–Crippen LogP) is 2.42. The van der Waals surface area contributed by atoms with Gasteiger partial charge in [-0.2, -0.15) is 0 Å². The lowest BCUT2D eigenvalue weighted by atomic mass is 10.1. The molecule has 0 saturated carbocycles. The molecule has 2 fully saturated rings. The number of benzene rings is 2. The van der Waals surface area contributed by atoms with Crippen LogP contribution in [0.25, 0.3) is 0 Å². The Kier molecular flexibility index (Phi) is 7.00. The van der Waals surface area contributed by atoms with Gasteiger partial charge in [-0.25, -0.2) is 0 Å². The lowest BCUT2D eigenvalue weighted by molar-refractivity contribution is -0.136. The minimum atomic E-state index is -0.385. The monoisotopic (exact) mass is 469 g/mol. The highest BCUT2D eigenvalue weighted by Crippen LogP contribution is 2.42. The molecule has 0 bridgehead atoms. The van der Waals surface area contributed by atoms with Crippen LogP contribution in [0.5, 0.6) is 23.0 Å². The summed E-state index contributed by atoms with van der Waals surface area (Å²) in [4.78, 5) is 31.8. The van der Waals surface area contributed by atoms with Crippen LogP contribution in [0.1, 0.15) is 6.42 Å². The molecule has 34 heavy (non-hydrogen) atoms. The molecule has 2 aliphatic rings. The smallest absolute Gasteiger partial charge is 0.228 e. The van der Waals surface area contributed by atoms with Gasteiger partial charge in [0.1, 0.15) is 5.75 Å². The van der Waals surface area contributed by atoms with Crippen molar-refractivity contribution >= 4 is 23.2 Å². The highest BCUT2D eigenvalue weighted by molar-refractivity contribution is 6.00. The largest absolute Gasteiger partial charge is 0.495 e. The molecule has 2 aliphatic heterocycles. The molecule has 2 amide bonds. The van der Waals surface area contributed by atoms with Crippen molar-refractivity contribution in [3.63, 3.8) is 0 Å². The number of carbonyl (C=O) groups is 2. The standard InChI is InChI=1S/C25H31N3O6/c1-31-20-8-6-5-7-19(20)26-9-11-27(12-10-26)25(30)17-13-23(29)28(16-17)18-14-21(32-2)24(34-4)22(15-18)33-3/h5-8,14-15,17H,9-13,16H2,1-4H3. The highest BCUT2D eigenvalue weighted by atomic mass is 16.5. The summed E-state index contributed by atoms with van der Waals surface area (Å²) in [6.07, 6.45) is 0.183. The van der Waals surface area contributed by atoms with E-state index in [9.17, 15) is 9.59 Å². The lowest BCUT2D eigenvalue weighted by Gasteiger charge is -2.37. The van der Waals surface area contributed by atoms with Crippen LogP contribution in [0.15, 0.2) is 36.4 Å². The summed E-state index contributed by atoms with van der Waals surface area (Å²) in [6.45, 7) is 2.95. The van der Waals surface area contributed by atoms with Gasteiger partial charge in [0.05, 0.1) is 45.7 Å². The third-order valence-corrected chi connectivity index (χ3v) is 6.45. The second-order valence-corrected chi connectivity index (χ2v) is 8.27. The highest BCUT2D eigenvalue weighted by Gasteiger charge is 2.38. The van der Waals surface area contributed by atoms with Crippen LogP contribution in [0.3, 0.4) is 0 Å². The van der Waals surface area contributed by atoms with Crippen LogP contribution >= 0.6 is 0 Å². The summed E-state index contributed by atoms with van der Waals surface area (Å²) in [6, 6.07) is 11.4. The number of methoxy groups -OCH3 is 4. The van der Waals surface area contributed by atoms with Crippen molar-refractivity contribution in [2.24, 2.45) is 5.92 Å². The Bertz CT molecular complexity index is 1030. The molecule has 9 nitrogen and oxygen atoms in total.